The zero-order valence-electron chi connectivity index (χ0n) is 10.5. The summed E-state index contributed by atoms with van der Waals surface area (Å²) in [4.78, 5) is 11.0. The highest BCUT2D eigenvalue weighted by atomic mass is 16.5. The average molecular weight is 233 g/mol. The lowest BCUT2D eigenvalue weighted by Gasteiger charge is -2.26. The van der Waals surface area contributed by atoms with E-state index in [1.807, 2.05) is 13.8 Å². The van der Waals surface area contributed by atoms with E-state index < -0.39 is 17.6 Å². The van der Waals surface area contributed by atoms with Gasteiger partial charge in [-0.15, -0.1) is 0 Å². The Morgan fingerprint density at radius 2 is 2.06 bits per heavy atom. The van der Waals surface area contributed by atoms with Crippen molar-refractivity contribution in [1.82, 2.24) is 5.32 Å². The van der Waals surface area contributed by atoms with Gasteiger partial charge in [0, 0.05) is 6.54 Å². The summed E-state index contributed by atoms with van der Waals surface area (Å²) >= 11 is 0. The van der Waals surface area contributed by atoms with Gasteiger partial charge in [0.05, 0.1) is 18.8 Å². The number of β-amino-alcohol motifs (C(OH)–C–C–N with tert-alkyl or cyclic N) is 1. The molecule has 16 heavy (non-hydrogen) atoms. The Balaban J connectivity index is 3.98. The summed E-state index contributed by atoms with van der Waals surface area (Å²) in [7, 11) is 0. The van der Waals surface area contributed by atoms with Crippen LogP contribution in [-0.2, 0) is 9.53 Å². The second kappa shape index (κ2) is 6.83. The quantitative estimate of drug-likeness (QED) is 0.572. The fourth-order valence-electron chi connectivity index (χ4n) is 1.06. The number of aliphatic hydroxyl groups is 1. The summed E-state index contributed by atoms with van der Waals surface area (Å²) in [6.07, 6.45) is -0.167. The van der Waals surface area contributed by atoms with Crippen LogP contribution >= 0.6 is 0 Å². The van der Waals surface area contributed by atoms with Crippen LogP contribution < -0.4 is 5.32 Å². The molecule has 0 saturated carbocycles. The molecule has 3 N–H and O–H groups in total. The first-order chi connectivity index (χ1) is 7.31. The van der Waals surface area contributed by atoms with Gasteiger partial charge in [-0.3, -0.25) is 10.1 Å². The van der Waals surface area contributed by atoms with Crippen molar-refractivity contribution in [1.29, 1.82) is 0 Å². The van der Waals surface area contributed by atoms with E-state index in [4.69, 9.17) is 9.84 Å². The van der Waals surface area contributed by atoms with E-state index >= 15 is 0 Å². The molecule has 0 aliphatic carbocycles. The van der Waals surface area contributed by atoms with Gasteiger partial charge in [-0.1, -0.05) is 6.92 Å². The number of carboxylic acid groups (broad SMARTS) is 1. The van der Waals surface area contributed by atoms with Gasteiger partial charge in [-0.2, -0.15) is 0 Å². The second-order valence-electron chi connectivity index (χ2n) is 4.41. The maximum Gasteiger partial charge on any atom is 0.323 e. The summed E-state index contributed by atoms with van der Waals surface area (Å²) in [5.74, 6) is -0.910. The van der Waals surface area contributed by atoms with Gasteiger partial charge < -0.3 is 14.9 Å². The molecule has 0 spiro atoms. The first kappa shape index (κ1) is 15.3. The van der Waals surface area contributed by atoms with Crippen LogP contribution in [0.3, 0.4) is 0 Å². The molecule has 0 aromatic heterocycles. The van der Waals surface area contributed by atoms with Gasteiger partial charge in [-0.25, -0.2) is 0 Å². The molecule has 2 unspecified atom stereocenters. The fraction of sp³-hybridized carbons (Fsp3) is 0.909. The SMILES string of the molecule is CCC(C)(NCC(O)COC(C)C)C(=O)O. The molecule has 5 nitrogen and oxygen atoms in total. The Labute approximate surface area is 96.8 Å². The van der Waals surface area contributed by atoms with Crippen LogP contribution in [0, 0.1) is 0 Å². The number of hydrogen-bond donors (Lipinski definition) is 3. The van der Waals surface area contributed by atoms with Gasteiger partial charge in [0.2, 0.25) is 0 Å². The van der Waals surface area contributed by atoms with Crippen LogP contribution in [0.4, 0.5) is 0 Å². The molecular formula is C11H23NO4. The molecule has 0 radical (unpaired) electrons. The highest BCUT2D eigenvalue weighted by Gasteiger charge is 2.30. The topological polar surface area (TPSA) is 78.8 Å². The Morgan fingerprint density at radius 3 is 2.44 bits per heavy atom. The van der Waals surface area contributed by atoms with Crippen LogP contribution in [0.25, 0.3) is 0 Å². The van der Waals surface area contributed by atoms with Crippen molar-refractivity contribution in [3.63, 3.8) is 0 Å². The third-order valence-electron chi connectivity index (χ3n) is 2.53. The largest absolute Gasteiger partial charge is 0.480 e. The molecular weight excluding hydrogens is 210 g/mol. The van der Waals surface area contributed by atoms with Crippen molar-refractivity contribution in [2.24, 2.45) is 0 Å². The van der Waals surface area contributed by atoms with E-state index in [9.17, 15) is 9.90 Å². The minimum absolute atomic E-state index is 0.0617. The lowest BCUT2D eigenvalue weighted by molar-refractivity contribution is -0.144. The van der Waals surface area contributed by atoms with Crippen LogP contribution in [0.15, 0.2) is 0 Å². The zero-order chi connectivity index (χ0) is 12.8. The van der Waals surface area contributed by atoms with Gasteiger partial charge in [0.25, 0.3) is 0 Å². The average Bonchev–Trinajstić information content (AvgIpc) is 2.22. The molecule has 0 saturated heterocycles. The maximum absolute atomic E-state index is 11.0. The second-order valence-corrected chi connectivity index (χ2v) is 4.41. The Morgan fingerprint density at radius 1 is 1.50 bits per heavy atom. The zero-order valence-corrected chi connectivity index (χ0v) is 10.5. The molecule has 0 bridgehead atoms. The fourth-order valence-corrected chi connectivity index (χ4v) is 1.06. The normalized spacial score (nSPS) is 17.1. The number of rotatable bonds is 8. The molecule has 0 aliphatic rings. The summed E-state index contributed by atoms with van der Waals surface area (Å²) in [6.45, 7) is 7.58. The minimum atomic E-state index is -0.987. The van der Waals surface area contributed by atoms with E-state index in [1.165, 1.54) is 0 Å². The number of carboxylic acids is 1. The lowest BCUT2D eigenvalue weighted by atomic mass is 9.99. The van der Waals surface area contributed by atoms with E-state index in [0.29, 0.717) is 6.42 Å². The highest BCUT2D eigenvalue weighted by molar-refractivity contribution is 5.78. The van der Waals surface area contributed by atoms with Gasteiger partial charge in [0.15, 0.2) is 0 Å². The molecule has 96 valence electrons. The Bertz CT molecular complexity index is 220. The minimum Gasteiger partial charge on any atom is -0.480 e. The number of ether oxygens (including phenoxy) is 1. The number of carbonyl (C=O) groups is 1. The van der Waals surface area contributed by atoms with Crippen LogP contribution in [0.5, 0.6) is 0 Å². The first-order valence-electron chi connectivity index (χ1n) is 5.60. The van der Waals surface area contributed by atoms with Crippen molar-refractivity contribution in [2.45, 2.75) is 51.9 Å². The lowest BCUT2D eigenvalue weighted by Crippen LogP contribution is -2.52. The smallest absolute Gasteiger partial charge is 0.323 e. The molecule has 0 aromatic rings. The molecule has 0 amide bonds. The van der Waals surface area contributed by atoms with E-state index in [1.54, 1.807) is 13.8 Å². The molecule has 0 aliphatic heterocycles. The van der Waals surface area contributed by atoms with Crippen LogP contribution in [0.2, 0.25) is 0 Å². The summed E-state index contributed by atoms with van der Waals surface area (Å²) in [5.41, 5.74) is -0.987. The third kappa shape index (κ3) is 5.44. The summed E-state index contributed by atoms with van der Waals surface area (Å²) in [6, 6.07) is 0. The van der Waals surface area contributed by atoms with Gasteiger partial charge >= 0.3 is 5.97 Å². The maximum atomic E-state index is 11.0. The Kier molecular flexibility index (Phi) is 6.55. The van der Waals surface area contributed by atoms with Crippen molar-refractivity contribution in [2.75, 3.05) is 13.2 Å². The van der Waals surface area contributed by atoms with Crippen LogP contribution in [0.1, 0.15) is 34.1 Å². The van der Waals surface area contributed by atoms with Crippen molar-refractivity contribution < 1.29 is 19.7 Å². The van der Waals surface area contributed by atoms with Gasteiger partial charge in [0.1, 0.15) is 5.54 Å². The highest BCUT2D eigenvalue weighted by Crippen LogP contribution is 2.09. The summed E-state index contributed by atoms with van der Waals surface area (Å²) in [5, 5.41) is 21.4. The number of aliphatic carboxylic acids is 1. The molecule has 0 fully saturated rings. The standard InChI is InChI=1S/C11H23NO4/c1-5-11(4,10(14)15)12-6-9(13)7-16-8(2)3/h8-9,12-13H,5-7H2,1-4H3,(H,14,15). The first-order valence-corrected chi connectivity index (χ1v) is 5.60. The molecule has 0 rings (SSSR count). The van der Waals surface area contributed by atoms with Crippen molar-refractivity contribution >= 4 is 5.97 Å². The molecule has 0 heterocycles. The molecule has 5 heteroatoms. The number of hydrogen-bond acceptors (Lipinski definition) is 4. The number of nitrogens with one attached hydrogen (secondary N) is 1. The van der Waals surface area contributed by atoms with E-state index in [2.05, 4.69) is 5.32 Å². The Hall–Kier alpha value is -0.650. The third-order valence-corrected chi connectivity index (χ3v) is 2.53. The molecule has 2 atom stereocenters. The van der Waals surface area contributed by atoms with E-state index in [-0.39, 0.29) is 19.3 Å². The molecule has 0 aromatic carbocycles. The van der Waals surface area contributed by atoms with Crippen molar-refractivity contribution in [3.05, 3.63) is 0 Å². The summed E-state index contributed by atoms with van der Waals surface area (Å²) < 4.78 is 5.23. The van der Waals surface area contributed by atoms with Crippen molar-refractivity contribution in [3.8, 4) is 0 Å². The monoisotopic (exact) mass is 233 g/mol. The number of aliphatic hydroxyl groups excluding tert-OH is 1. The predicted octanol–water partition coefficient (Wildman–Crippen LogP) is 0.615. The van der Waals surface area contributed by atoms with E-state index in [0.717, 1.165) is 0 Å². The predicted molar refractivity (Wildman–Crippen MR) is 61.4 cm³/mol. The van der Waals surface area contributed by atoms with Crippen LogP contribution in [-0.4, -0.2) is 47.1 Å². The van der Waals surface area contributed by atoms with Gasteiger partial charge in [-0.05, 0) is 27.2 Å².